The molecule has 26 heavy (non-hydrogen) atoms. The van der Waals surface area contributed by atoms with E-state index in [0.29, 0.717) is 5.78 Å². The Morgan fingerprint density at radius 3 is 1.92 bits per heavy atom. The van der Waals surface area contributed by atoms with Gasteiger partial charge >= 0.3 is 12.3 Å². The molecular formula is C20H21NO5. The number of Topliss-reactive ketones (excluding diaryl/α,β-unsaturated/α-hetero) is 1. The van der Waals surface area contributed by atoms with E-state index in [0.717, 1.165) is 19.3 Å². The zero-order valence-electron chi connectivity index (χ0n) is 14.8. The molecule has 1 heterocycles. The van der Waals surface area contributed by atoms with Gasteiger partial charge in [0.1, 0.15) is 5.54 Å². The van der Waals surface area contributed by atoms with Crippen LogP contribution in [0.5, 0.6) is 0 Å². The third kappa shape index (κ3) is 4.73. The van der Waals surface area contributed by atoms with Crippen LogP contribution in [-0.2, 0) is 29.5 Å². The third-order valence-corrected chi connectivity index (χ3v) is 4.46. The van der Waals surface area contributed by atoms with Crippen LogP contribution < -0.4 is 0 Å². The second-order valence-electron chi connectivity index (χ2n) is 6.24. The molecule has 0 bridgehead atoms. The van der Waals surface area contributed by atoms with Crippen molar-refractivity contribution in [3.63, 3.8) is 0 Å². The molecule has 0 amide bonds. The summed E-state index contributed by atoms with van der Waals surface area (Å²) >= 11 is 0. The Labute approximate surface area is 151 Å². The molecule has 1 fully saturated rings. The molecule has 0 spiro atoms. The number of hydrogen-bond donors (Lipinski definition) is 0. The van der Waals surface area contributed by atoms with E-state index in [9.17, 15) is 4.79 Å². The molecule has 6 heteroatoms. The lowest BCUT2D eigenvalue weighted by Crippen LogP contribution is -2.49. The third-order valence-electron chi connectivity index (χ3n) is 4.46. The van der Waals surface area contributed by atoms with Gasteiger partial charge in [-0.15, -0.1) is 0 Å². The van der Waals surface area contributed by atoms with Crippen LogP contribution in [0.15, 0.2) is 48.8 Å². The molecular weight excluding hydrogens is 334 g/mol. The Hall–Kier alpha value is -3.07. The number of carbonyl (C=O) groups is 1. The van der Waals surface area contributed by atoms with Crippen LogP contribution in [0.2, 0.25) is 0 Å². The number of rotatable bonds is 4. The molecule has 6 nitrogen and oxygen atoms in total. The molecule has 0 unspecified atom stereocenters. The van der Waals surface area contributed by atoms with Gasteiger partial charge in [-0.3, -0.25) is 4.79 Å². The van der Waals surface area contributed by atoms with Gasteiger partial charge in [0.25, 0.3) is 0 Å². The van der Waals surface area contributed by atoms with E-state index in [1.165, 1.54) is 11.1 Å². The van der Waals surface area contributed by atoms with Crippen molar-refractivity contribution >= 4 is 18.1 Å². The van der Waals surface area contributed by atoms with Crippen molar-refractivity contribution < 1.29 is 24.0 Å². The fourth-order valence-electron chi connectivity index (χ4n) is 3.14. The van der Waals surface area contributed by atoms with Crippen molar-refractivity contribution in [1.29, 1.82) is 0 Å². The summed E-state index contributed by atoms with van der Waals surface area (Å²) in [7, 11) is 0. The molecule has 0 atom stereocenters. The highest BCUT2D eigenvalue weighted by Crippen LogP contribution is 2.42. The highest BCUT2D eigenvalue weighted by Gasteiger charge is 2.45. The van der Waals surface area contributed by atoms with Crippen LogP contribution in [0, 0.1) is 5.92 Å². The van der Waals surface area contributed by atoms with Gasteiger partial charge in [0.2, 0.25) is 0 Å². The molecule has 1 saturated carbocycles. The summed E-state index contributed by atoms with van der Waals surface area (Å²) in [5.41, 5.74) is 2.12. The Kier molecular flexibility index (Phi) is 8.10. The van der Waals surface area contributed by atoms with Crippen LogP contribution in [0.4, 0.5) is 0 Å². The fourth-order valence-corrected chi connectivity index (χ4v) is 3.14. The summed E-state index contributed by atoms with van der Waals surface area (Å²) in [5.74, 6) is 0.469. The predicted octanol–water partition coefficient (Wildman–Crippen LogP) is 3.09. The first-order valence-corrected chi connectivity index (χ1v) is 8.23. The van der Waals surface area contributed by atoms with Crippen molar-refractivity contribution in [1.82, 2.24) is 4.57 Å². The summed E-state index contributed by atoms with van der Waals surface area (Å²) in [6.07, 6.45) is 7.81. The summed E-state index contributed by atoms with van der Waals surface area (Å²) < 4.78 is 2.15. The van der Waals surface area contributed by atoms with E-state index in [-0.39, 0.29) is 23.8 Å². The number of ketones is 1. The predicted molar refractivity (Wildman–Crippen MR) is 91.6 cm³/mol. The van der Waals surface area contributed by atoms with Crippen LogP contribution in [0.25, 0.3) is 11.1 Å². The second-order valence-corrected chi connectivity index (χ2v) is 6.24. The van der Waals surface area contributed by atoms with Gasteiger partial charge in [-0.05, 0) is 36.5 Å². The molecule has 2 aromatic rings. The minimum absolute atomic E-state index is 0.0953. The van der Waals surface area contributed by atoms with Gasteiger partial charge in [0.15, 0.2) is 5.78 Å². The molecule has 0 saturated heterocycles. The van der Waals surface area contributed by atoms with Crippen LogP contribution in [0.3, 0.4) is 0 Å². The molecule has 1 aliphatic rings. The van der Waals surface area contributed by atoms with Crippen molar-refractivity contribution in [2.24, 2.45) is 5.92 Å². The monoisotopic (exact) mass is 355 g/mol. The zero-order valence-corrected chi connectivity index (χ0v) is 14.8. The maximum absolute atomic E-state index is 12.6. The smallest absolute Gasteiger partial charge is 0.341 e. The Balaban J connectivity index is 0.000000499. The maximum Gasteiger partial charge on any atom is 0.373 e. The lowest BCUT2D eigenvalue weighted by atomic mass is 9.70. The van der Waals surface area contributed by atoms with Crippen LogP contribution in [0.1, 0.15) is 33.1 Å². The van der Waals surface area contributed by atoms with Crippen LogP contribution in [-0.4, -0.2) is 22.7 Å². The largest absolute Gasteiger partial charge is 0.373 e. The van der Waals surface area contributed by atoms with Gasteiger partial charge in [-0.25, -0.2) is 0 Å². The topological polar surface area (TPSA) is 90.3 Å². The molecule has 0 aliphatic heterocycles. The lowest BCUT2D eigenvalue weighted by Gasteiger charge is -2.43. The van der Waals surface area contributed by atoms with Gasteiger partial charge < -0.3 is 4.57 Å². The van der Waals surface area contributed by atoms with E-state index in [1.54, 1.807) is 0 Å². The molecule has 1 aliphatic carbocycles. The van der Waals surface area contributed by atoms with E-state index < -0.39 is 0 Å². The average molecular weight is 355 g/mol. The molecule has 136 valence electrons. The van der Waals surface area contributed by atoms with E-state index in [2.05, 4.69) is 35.2 Å². The molecule has 0 N–H and O–H groups in total. The van der Waals surface area contributed by atoms with E-state index in [1.807, 2.05) is 32.0 Å². The minimum atomic E-state index is -0.277. The molecule has 0 radical (unpaired) electrons. The normalized spacial score (nSPS) is 13.7. The molecule has 1 aromatic heterocycles. The number of benzene rings is 1. The quantitative estimate of drug-likeness (QED) is 0.840. The van der Waals surface area contributed by atoms with E-state index >= 15 is 0 Å². The zero-order chi connectivity index (χ0) is 19.6. The van der Waals surface area contributed by atoms with Crippen molar-refractivity contribution in [2.75, 3.05) is 0 Å². The molecule has 3 rings (SSSR count). The second kappa shape index (κ2) is 10.0. The SMILES string of the molecule is CC(C)C(=O)C1(n2ccc(-c3ccccc3)c2)CCC1.O=C=O.O=C=O. The highest BCUT2D eigenvalue weighted by atomic mass is 16.2. The van der Waals surface area contributed by atoms with Crippen molar-refractivity contribution in [3.8, 4) is 11.1 Å². The lowest BCUT2D eigenvalue weighted by molar-refractivity contribution is -0.193. The highest BCUT2D eigenvalue weighted by molar-refractivity contribution is 5.89. The number of hydrogen-bond acceptors (Lipinski definition) is 5. The van der Waals surface area contributed by atoms with Gasteiger partial charge in [-0.2, -0.15) is 19.2 Å². The Morgan fingerprint density at radius 1 is 0.962 bits per heavy atom. The Bertz CT molecular complexity index is 764. The first kappa shape index (κ1) is 21.0. The van der Waals surface area contributed by atoms with Crippen molar-refractivity contribution in [2.45, 2.75) is 38.6 Å². The number of carbonyl (C=O) groups excluding carboxylic acids is 5. The minimum Gasteiger partial charge on any atom is -0.341 e. The molecule has 1 aromatic carbocycles. The van der Waals surface area contributed by atoms with Gasteiger partial charge in [0.05, 0.1) is 0 Å². The fraction of sp³-hybridized carbons (Fsp3) is 0.350. The summed E-state index contributed by atoms with van der Waals surface area (Å²) in [4.78, 5) is 45.1. The number of aromatic nitrogens is 1. The standard InChI is InChI=1S/C18H21NO.2CO2/c1-14(2)17(20)18(10-6-11-18)19-12-9-16(13-19)15-7-4-3-5-8-15;2*2-1-3/h3-5,7-9,12-14H,6,10-11H2,1-2H3;;. The first-order valence-electron chi connectivity index (χ1n) is 8.23. The summed E-state index contributed by atoms with van der Waals surface area (Å²) in [5, 5.41) is 0. The Morgan fingerprint density at radius 2 is 1.50 bits per heavy atom. The average Bonchev–Trinajstić information content (AvgIpc) is 3.06. The first-order chi connectivity index (χ1) is 12.5. The van der Waals surface area contributed by atoms with Crippen molar-refractivity contribution in [3.05, 3.63) is 48.8 Å². The van der Waals surface area contributed by atoms with Crippen LogP contribution >= 0.6 is 0 Å². The maximum atomic E-state index is 12.6. The van der Waals surface area contributed by atoms with E-state index in [4.69, 9.17) is 19.2 Å². The van der Waals surface area contributed by atoms with Gasteiger partial charge in [-0.1, -0.05) is 44.2 Å². The summed E-state index contributed by atoms with van der Waals surface area (Å²) in [6, 6.07) is 12.4. The van der Waals surface area contributed by atoms with Gasteiger partial charge in [0, 0.05) is 18.3 Å². The number of nitrogens with zero attached hydrogens (tertiary/aromatic N) is 1. The summed E-state index contributed by atoms with van der Waals surface area (Å²) in [6.45, 7) is 4.01.